The van der Waals surface area contributed by atoms with Gasteiger partial charge >= 0.3 is 5.97 Å². The molecule has 2 aliphatic rings. The molecule has 1 heterocycles. The Morgan fingerprint density at radius 2 is 2.06 bits per heavy atom. The first-order chi connectivity index (χ1) is 8.18. The van der Waals surface area contributed by atoms with Gasteiger partial charge in [0, 0.05) is 17.7 Å². The van der Waals surface area contributed by atoms with Crippen LogP contribution in [0.25, 0.3) is 0 Å². The van der Waals surface area contributed by atoms with Crippen LogP contribution in [-0.4, -0.2) is 40.7 Å². The number of carbonyl (C=O) groups is 2. The molecule has 0 aromatic rings. The molecule has 3 unspecified atom stereocenters. The highest BCUT2D eigenvalue weighted by atomic mass is 32.2. The van der Waals surface area contributed by atoms with Gasteiger partial charge in [0.1, 0.15) is 0 Å². The molecule has 1 aliphatic carbocycles. The number of carboxylic acids is 1. The zero-order chi connectivity index (χ0) is 12.3. The minimum Gasteiger partial charge on any atom is -0.481 e. The van der Waals surface area contributed by atoms with E-state index in [4.69, 9.17) is 5.11 Å². The first-order valence-electron chi connectivity index (χ1n) is 6.03. The average Bonchev–Trinajstić information content (AvgIpc) is 2.83. The van der Waals surface area contributed by atoms with Crippen molar-refractivity contribution in [2.24, 2.45) is 5.92 Å². The van der Waals surface area contributed by atoms with Gasteiger partial charge in [0.15, 0.2) is 0 Å². The summed E-state index contributed by atoms with van der Waals surface area (Å²) in [6.45, 7) is 0. The largest absolute Gasteiger partial charge is 0.481 e. The number of hydrogen-bond acceptors (Lipinski definition) is 4. The van der Waals surface area contributed by atoms with E-state index in [-0.39, 0.29) is 18.0 Å². The predicted molar refractivity (Wildman–Crippen MR) is 65.8 cm³/mol. The van der Waals surface area contributed by atoms with Gasteiger partial charge in [-0.3, -0.25) is 14.9 Å². The van der Waals surface area contributed by atoms with E-state index in [0.717, 1.165) is 30.9 Å². The van der Waals surface area contributed by atoms with Crippen molar-refractivity contribution in [2.45, 2.75) is 37.8 Å². The van der Waals surface area contributed by atoms with Gasteiger partial charge in [0.2, 0.25) is 5.91 Å². The van der Waals surface area contributed by atoms with Crippen LogP contribution in [0, 0.1) is 5.92 Å². The number of carboxylic acid groups (broad SMARTS) is 1. The van der Waals surface area contributed by atoms with Crippen LogP contribution in [0.2, 0.25) is 0 Å². The van der Waals surface area contributed by atoms with Crippen molar-refractivity contribution >= 4 is 23.6 Å². The maximum atomic E-state index is 11.9. The van der Waals surface area contributed by atoms with Crippen molar-refractivity contribution in [2.75, 3.05) is 11.6 Å². The molecular formula is C11H18N2O3S. The molecule has 96 valence electrons. The van der Waals surface area contributed by atoms with Crippen molar-refractivity contribution in [1.82, 2.24) is 10.6 Å². The number of nitrogens with one attached hydrogen (secondary N) is 2. The Kier molecular flexibility index (Phi) is 4.28. The van der Waals surface area contributed by atoms with Gasteiger partial charge in [-0.2, -0.15) is 0 Å². The van der Waals surface area contributed by atoms with Crippen LogP contribution < -0.4 is 10.6 Å². The molecule has 5 nitrogen and oxygen atoms in total. The van der Waals surface area contributed by atoms with Crippen LogP contribution in [0.15, 0.2) is 0 Å². The van der Waals surface area contributed by atoms with Crippen LogP contribution in [0.1, 0.15) is 25.7 Å². The van der Waals surface area contributed by atoms with E-state index in [0.29, 0.717) is 6.42 Å². The molecule has 2 rings (SSSR count). The first kappa shape index (κ1) is 12.7. The zero-order valence-electron chi connectivity index (χ0n) is 9.65. The Balaban J connectivity index is 1.90. The summed E-state index contributed by atoms with van der Waals surface area (Å²) in [7, 11) is 0. The van der Waals surface area contributed by atoms with Crippen LogP contribution in [0.5, 0.6) is 0 Å². The van der Waals surface area contributed by atoms with E-state index >= 15 is 0 Å². The minimum absolute atomic E-state index is 0.0480. The standard InChI is InChI=1S/C11H18N2O3S/c14-10(9-5-17-6-12-9)13-8-4-2-1-3-7(8)11(15)16/h7-9,12H,1-6H2,(H,13,14)(H,15,16). The fourth-order valence-corrected chi connectivity index (χ4v) is 3.39. The van der Waals surface area contributed by atoms with E-state index in [1.54, 1.807) is 11.8 Å². The van der Waals surface area contributed by atoms with Gasteiger partial charge in [-0.15, -0.1) is 11.8 Å². The zero-order valence-corrected chi connectivity index (χ0v) is 10.5. The predicted octanol–water partition coefficient (Wildman–Crippen LogP) is 0.408. The molecule has 0 spiro atoms. The summed E-state index contributed by atoms with van der Waals surface area (Å²) in [6, 6.07) is -0.350. The molecule has 0 aromatic carbocycles. The average molecular weight is 258 g/mol. The summed E-state index contributed by atoms with van der Waals surface area (Å²) in [5.41, 5.74) is 0. The molecule has 17 heavy (non-hydrogen) atoms. The summed E-state index contributed by atoms with van der Waals surface area (Å²) >= 11 is 1.69. The third kappa shape index (κ3) is 3.13. The fourth-order valence-electron chi connectivity index (χ4n) is 2.45. The Labute approximate surface area is 105 Å². The maximum absolute atomic E-state index is 11.9. The molecule has 1 saturated carbocycles. The van der Waals surface area contributed by atoms with Crippen molar-refractivity contribution in [1.29, 1.82) is 0 Å². The van der Waals surface area contributed by atoms with Crippen LogP contribution in [0.3, 0.4) is 0 Å². The molecule has 0 bridgehead atoms. The Morgan fingerprint density at radius 3 is 2.71 bits per heavy atom. The number of amides is 1. The van der Waals surface area contributed by atoms with E-state index in [9.17, 15) is 9.59 Å². The quantitative estimate of drug-likeness (QED) is 0.683. The smallest absolute Gasteiger partial charge is 0.308 e. The molecule has 3 atom stereocenters. The Bertz CT molecular complexity index is 305. The summed E-state index contributed by atoms with van der Waals surface area (Å²) in [5.74, 6) is 0.320. The summed E-state index contributed by atoms with van der Waals surface area (Å²) < 4.78 is 0. The van der Waals surface area contributed by atoms with Crippen molar-refractivity contribution in [3.8, 4) is 0 Å². The second kappa shape index (κ2) is 5.73. The van der Waals surface area contributed by atoms with Crippen molar-refractivity contribution < 1.29 is 14.7 Å². The van der Waals surface area contributed by atoms with E-state index in [1.807, 2.05) is 0 Å². The van der Waals surface area contributed by atoms with E-state index in [1.165, 1.54) is 0 Å². The number of hydrogen-bond donors (Lipinski definition) is 3. The molecular weight excluding hydrogens is 240 g/mol. The number of thioether (sulfide) groups is 1. The van der Waals surface area contributed by atoms with E-state index < -0.39 is 11.9 Å². The van der Waals surface area contributed by atoms with Gasteiger partial charge in [-0.05, 0) is 12.8 Å². The normalized spacial score (nSPS) is 33.3. The molecule has 1 saturated heterocycles. The third-order valence-corrected chi connectivity index (χ3v) is 4.38. The lowest BCUT2D eigenvalue weighted by Gasteiger charge is -2.30. The third-order valence-electron chi connectivity index (χ3n) is 3.44. The molecule has 0 aromatic heterocycles. The molecule has 3 N–H and O–H groups in total. The summed E-state index contributed by atoms with van der Waals surface area (Å²) in [5, 5.41) is 15.1. The van der Waals surface area contributed by atoms with Gasteiger partial charge in [0.05, 0.1) is 12.0 Å². The SMILES string of the molecule is O=C(NC1CCCCC1C(=O)O)C1CSCN1. The number of carbonyl (C=O) groups excluding carboxylic acids is 1. The van der Waals surface area contributed by atoms with Crippen LogP contribution >= 0.6 is 11.8 Å². The lowest BCUT2D eigenvalue weighted by Crippen LogP contribution is -2.51. The summed E-state index contributed by atoms with van der Waals surface area (Å²) in [6.07, 6.45) is 3.40. The molecule has 1 amide bonds. The van der Waals surface area contributed by atoms with Gasteiger partial charge in [-0.25, -0.2) is 0 Å². The van der Waals surface area contributed by atoms with Gasteiger partial charge < -0.3 is 10.4 Å². The van der Waals surface area contributed by atoms with Gasteiger partial charge in [0.25, 0.3) is 0 Å². The maximum Gasteiger partial charge on any atom is 0.308 e. The number of rotatable bonds is 3. The lowest BCUT2D eigenvalue weighted by molar-refractivity contribution is -0.144. The molecule has 6 heteroatoms. The topological polar surface area (TPSA) is 78.4 Å². The van der Waals surface area contributed by atoms with Crippen molar-refractivity contribution in [3.05, 3.63) is 0 Å². The van der Waals surface area contributed by atoms with E-state index in [2.05, 4.69) is 10.6 Å². The Hall–Kier alpha value is -0.750. The monoisotopic (exact) mass is 258 g/mol. The lowest BCUT2D eigenvalue weighted by atomic mass is 9.84. The number of aliphatic carboxylic acids is 1. The second-order valence-electron chi connectivity index (χ2n) is 4.62. The highest BCUT2D eigenvalue weighted by molar-refractivity contribution is 7.99. The van der Waals surface area contributed by atoms with Gasteiger partial charge in [-0.1, -0.05) is 12.8 Å². The van der Waals surface area contributed by atoms with Crippen LogP contribution in [0.4, 0.5) is 0 Å². The highest BCUT2D eigenvalue weighted by Gasteiger charge is 2.33. The first-order valence-corrected chi connectivity index (χ1v) is 7.18. The fraction of sp³-hybridized carbons (Fsp3) is 0.818. The minimum atomic E-state index is -0.788. The molecule has 1 aliphatic heterocycles. The molecule has 0 radical (unpaired) electrons. The second-order valence-corrected chi connectivity index (χ2v) is 5.65. The Morgan fingerprint density at radius 1 is 1.29 bits per heavy atom. The van der Waals surface area contributed by atoms with Crippen molar-refractivity contribution in [3.63, 3.8) is 0 Å². The highest BCUT2D eigenvalue weighted by Crippen LogP contribution is 2.25. The summed E-state index contributed by atoms with van der Waals surface area (Å²) in [4.78, 5) is 23.0. The molecule has 2 fully saturated rings. The van der Waals surface area contributed by atoms with Crippen LogP contribution in [-0.2, 0) is 9.59 Å².